The maximum Gasteiger partial charge on any atom is 0.411 e. The zero-order valence-electron chi connectivity index (χ0n) is 42.9. The number of carbonyl (C=O) groups is 7. The summed E-state index contributed by atoms with van der Waals surface area (Å²) in [5, 5.41) is 20.9. The number of nitrogens with zero attached hydrogens (tertiary/aromatic N) is 3. The largest absolute Gasteiger partial charge is 0.497 e. The van der Waals surface area contributed by atoms with E-state index in [-0.39, 0.29) is 85.0 Å². The molecule has 0 saturated heterocycles. The van der Waals surface area contributed by atoms with Crippen molar-refractivity contribution in [3.63, 3.8) is 0 Å². The van der Waals surface area contributed by atoms with E-state index in [1.54, 1.807) is 23.9 Å². The average Bonchev–Trinajstić information content (AvgIpc) is 4.18. The Kier molecular flexibility index (Phi) is 16.7. The van der Waals surface area contributed by atoms with E-state index in [4.69, 9.17) is 9.47 Å². The Morgan fingerprint density at radius 2 is 1.16 bits per heavy atom. The van der Waals surface area contributed by atoms with E-state index in [9.17, 15) is 60.8 Å². The third-order valence-corrected chi connectivity index (χ3v) is 20.2. The van der Waals surface area contributed by atoms with Crippen molar-refractivity contribution in [3.8, 4) is 11.8 Å². The highest BCUT2D eigenvalue weighted by Gasteiger charge is 2.63. The van der Waals surface area contributed by atoms with E-state index < -0.39 is 95.2 Å². The number of aliphatic hydroxyl groups excluding tert-OH is 1. The number of ether oxygens (including phenoxy) is 2. The van der Waals surface area contributed by atoms with Gasteiger partial charge in [-0.15, -0.1) is 0 Å². The smallest absolute Gasteiger partial charge is 0.411 e. The Labute approximate surface area is 438 Å². The Hall–Kier alpha value is -5.66. The molecule has 20 nitrogen and oxygen atoms in total. The summed E-state index contributed by atoms with van der Waals surface area (Å²) in [4.78, 5) is 96.3. The Balaban J connectivity index is 0.000000211. The van der Waals surface area contributed by atoms with Crippen LogP contribution in [0.25, 0.3) is 0 Å². The normalized spacial score (nSPS) is 33.2. The SMILES string of the molecule is CN1CCCC/C=C\[C@@H]2C[C@@]2(C(=O)NS(=O)(=O)C2CC2)CC(=O)[C@@H]2C[C@@H](O)C[C@H]2C1=O.COc1cc(C#N)cc(NC(=O)O[C@@H]2C[C@H]3C(=O)C[C@]4(C(=O)NS(=O)(=O)C5CC5)C[C@H]4/C=C\CCCCN(C)C(=O)[C@@H]3C2)c1. The summed E-state index contributed by atoms with van der Waals surface area (Å²) in [5.74, 6) is -5.04. The van der Waals surface area contributed by atoms with Crippen LogP contribution in [0.5, 0.6) is 5.75 Å². The molecule has 22 heteroatoms. The minimum atomic E-state index is -3.80. The molecule has 408 valence electrons. The number of amides is 5. The Bertz CT molecular complexity index is 2770. The summed E-state index contributed by atoms with van der Waals surface area (Å²) >= 11 is 0. The van der Waals surface area contributed by atoms with Crippen LogP contribution in [0.1, 0.15) is 121 Å². The standard InChI is InChI=1S/C31H38N4O8S.C22H32N2O6S/c1-35-10-6-4-3-5-7-20-16-31(20,29(38)34-44(40,41)24-8-9-24)17-27(36)25-14-23(15-26(25)28(35)37)43-30(39)33-21-11-19(18-32)12-22(13-21)42-2;1-24-9-5-3-2-4-6-14-12-22(14,21(28)23-31(29,30)16-7-8-16)13-19(26)17-10-15(25)11-18(17)20(24)27/h5,7,11-13,20,23-26H,3-4,6,8-10,14-17H2,1-2H3,(H,33,39)(H,34,38);4,6,14-18,25H,2-3,5,7-13H2,1H3,(H,23,28)/b7-5-;6-4-/t20-,23-,25-,26-,31-;14-,15-,17-,18-,22-/m11/s1. The molecule has 75 heavy (non-hydrogen) atoms. The molecule has 1 aromatic carbocycles. The van der Waals surface area contributed by atoms with Crippen molar-refractivity contribution in [3.05, 3.63) is 48.1 Å². The minimum Gasteiger partial charge on any atom is -0.497 e. The summed E-state index contributed by atoms with van der Waals surface area (Å²) in [7, 11) is -2.65. The number of nitriles is 1. The van der Waals surface area contributed by atoms with Crippen molar-refractivity contribution in [2.45, 2.75) is 138 Å². The molecule has 2 aliphatic heterocycles. The summed E-state index contributed by atoms with van der Waals surface area (Å²) < 4.78 is 65.2. The van der Waals surface area contributed by atoms with E-state index in [1.807, 2.05) is 30.4 Å². The van der Waals surface area contributed by atoms with E-state index in [2.05, 4.69) is 14.8 Å². The van der Waals surface area contributed by atoms with Crippen LogP contribution in [0.15, 0.2) is 42.5 Å². The summed E-state index contributed by atoms with van der Waals surface area (Å²) in [6.45, 7) is 1.12. The molecule has 6 fully saturated rings. The molecule has 5 amide bonds. The lowest BCUT2D eigenvalue weighted by atomic mass is 9.84. The van der Waals surface area contributed by atoms with Crippen molar-refractivity contribution in [2.24, 2.45) is 46.3 Å². The molecule has 0 radical (unpaired) electrons. The predicted molar refractivity (Wildman–Crippen MR) is 272 cm³/mol. The number of hydrogen-bond donors (Lipinski definition) is 4. The van der Waals surface area contributed by atoms with Crippen LogP contribution in [0.4, 0.5) is 10.5 Å². The van der Waals surface area contributed by atoms with Crippen molar-refractivity contribution in [1.29, 1.82) is 5.26 Å². The fourth-order valence-electron chi connectivity index (χ4n) is 11.6. The fraction of sp³-hybridized carbons (Fsp3) is 0.660. The lowest BCUT2D eigenvalue weighted by molar-refractivity contribution is -0.140. The zero-order chi connectivity index (χ0) is 54.0. The second kappa shape index (κ2) is 22.5. The first-order chi connectivity index (χ1) is 35.6. The number of allylic oxidation sites excluding steroid dienone is 4. The van der Waals surface area contributed by atoms with Crippen LogP contribution in [0, 0.1) is 57.7 Å². The highest BCUT2D eigenvalue weighted by molar-refractivity contribution is 7.91. The molecule has 0 bridgehead atoms. The monoisotopic (exact) mass is 1080 g/mol. The lowest BCUT2D eigenvalue weighted by Gasteiger charge is -2.26. The van der Waals surface area contributed by atoms with Gasteiger partial charge < -0.3 is 24.4 Å². The van der Waals surface area contributed by atoms with Gasteiger partial charge in [-0.2, -0.15) is 5.26 Å². The van der Waals surface area contributed by atoms with Gasteiger partial charge >= 0.3 is 6.09 Å². The van der Waals surface area contributed by atoms with Gasteiger partial charge in [0, 0.05) is 63.6 Å². The van der Waals surface area contributed by atoms with E-state index >= 15 is 0 Å². The van der Waals surface area contributed by atoms with Crippen molar-refractivity contribution >= 4 is 67.0 Å². The summed E-state index contributed by atoms with van der Waals surface area (Å²) in [6.07, 6.45) is 13.6. The summed E-state index contributed by atoms with van der Waals surface area (Å²) in [6, 6.07) is 6.51. The Morgan fingerprint density at radius 1 is 0.693 bits per heavy atom. The number of carbonyl (C=O) groups excluding carboxylic acids is 7. The molecule has 0 aromatic heterocycles. The third kappa shape index (κ3) is 13.0. The number of methoxy groups -OCH3 is 1. The van der Waals surface area contributed by atoms with Gasteiger partial charge in [0.1, 0.15) is 23.4 Å². The molecule has 1 aromatic rings. The zero-order valence-corrected chi connectivity index (χ0v) is 44.5. The summed E-state index contributed by atoms with van der Waals surface area (Å²) in [5.41, 5.74) is -1.70. The second-order valence-corrected chi connectivity index (χ2v) is 26.1. The molecule has 0 unspecified atom stereocenters. The number of nitrogens with one attached hydrogen (secondary N) is 3. The number of anilines is 1. The topological polar surface area (TPSA) is 293 Å². The number of fused-ring (bicyclic) bond motifs is 4. The fourth-order valence-corrected chi connectivity index (χ4v) is 14.3. The molecular formula is C53H70N6O14S2. The van der Waals surface area contributed by atoms with Crippen molar-refractivity contribution in [1.82, 2.24) is 19.2 Å². The predicted octanol–water partition coefficient (Wildman–Crippen LogP) is 4.43. The molecule has 6 aliphatic carbocycles. The first kappa shape index (κ1) is 55.6. The van der Waals surface area contributed by atoms with Gasteiger partial charge in [-0.25, -0.2) is 21.6 Å². The van der Waals surface area contributed by atoms with Crippen LogP contribution in [0.2, 0.25) is 0 Å². The van der Waals surface area contributed by atoms with Crippen molar-refractivity contribution < 1.29 is 65.0 Å². The number of Topliss-reactive ketones (excluding diaryl/α,β-unsaturated/α-hetero) is 2. The highest BCUT2D eigenvalue weighted by Crippen LogP contribution is 2.59. The average molecular weight is 1080 g/mol. The lowest BCUT2D eigenvalue weighted by Crippen LogP contribution is -2.42. The van der Waals surface area contributed by atoms with Crippen LogP contribution in [0.3, 0.4) is 0 Å². The van der Waals surface area contributed by atoms with Gasteiger partial charge in [0.25, 0.3) is 0 Å². The number of benzene rings is 1. The maximum absolute atomic E-state index is 13.9. The molecule has 4 N–H and O–H groups in total. The van der Waals surface area contributed by atoms with Crippen LogP contribution >= 0.6 is 0 Å². The first-order valence-electron chi connectivity index (χ1n) is 26.4. The molecule has 9 rings (SSSR count). The maximum atomic E-state index is 13.9. The highest BCUT2D eigenvalue weighted by atomic mass is 32.2. The van der Waals surface area contributed by atoms with Gasteiger partial charge in [-0.05, 0) is 127 Å². The van der Waals surface area contributed by atoms with E-state index in [0.29, 0.717) is 57.4 Å². The quantitative estimate of drug-likeness (QED) is 0.249. The van der Waals surface area contributed by atoms with Gasteiger partial charge in [-0.1, -0.05) is 24.3 Å². The van der Waals surface area contributed by atoms with Gasteiger partial charge in [0.05, 0.1) is 58.0 Å². The van der Waals surface area contributed by atoms with Crippen LogP contribution < -0.4 is 19.5 Å². The van der Waals surface area contributed by atoms with Crippen LogP contribution in [-0.2, 0) is 53.6 Å². The van der Waals surface area contributed by atoms with Crippen molar-refractivity contribution in [2.75, 3.05) is 39.6 Å². The molecule has 0 spiro atoms. The molecule has 2 heterocycles. The number of hydrogen-bond acceptors (Lipinski definition) is 15. The first-order valence-corrected chi connectivity index (χ1v) is 29.4. The number of ketones is 2. The van der Waals surface area contributed by atoms with Gasteiger partial charge in [0.2, 0.25) is 43.7 Å². The molecule has 6 saturated carbocycles. The molecule has 10 atom stereocenters. The van der Waals surface area contributed by atoms with Gasteiger partial charge in [-0.3, -0.25) is 43.5 Å². The third-order valence-electron chi connectivity index (χ3n) is 16.6. The number of aliphatic hydroxyl groups is 1. The number of rotatable bonds is 9. The van der Waals surface area contributed by atoms with Crippen LogP contribution in [-0.4, -0.2) is 130 Å². The van der Waals surface area contributed by atoms with E-state index in [1.165, 1.54) is 25.3 Å². The molecular weight excluding hydrogens is 1010 g/mol. The Morgan fingerprint density at radius 3 is 1.64 bits per heavy atom. The van der Waals surface area contributed by atoms with E-state index in [0.717, 1.165) is 38.5 Å². The minimum absolute atomic E-state index is 0.0939. The second-order valence-electron chi connectivity index (χ2n) is 22.2. The number of sulfonamides is 2. The molecule has 8 aliphatic rings. The van der Waals surface area contributed by atoms with Gasteiger partial charge in [0.15, 0.2) is 0 Å².